The van der Waals surface area contributed by atoms with E-state index in [1.54, 1.807) is 0 Å². The lowest BCUT2D eigenvalue weighted by Crippen LogP contribution is -2.02. The van der Waals surface area contributed by atoms with Crippen LogP contribution in [0.5, 0.6) is 0 Å². The van der Waals surface area contributed by atoms with Crippen molar-refractivity contribution < 1.29 is 4.79 Å². The Morgan fingerprint density at radius 3 is 2.71 bits per heavy atom. The van der Waals surface area contributed by atoms with E-state index in [2.05, 4.69) is 19.6 Å². The summed E-state index contributed by atoms with van der Waals surface area (Å²) in [7, 11) is 0. The molecule has 0 aliphatic heterocycles. The second-order valence-electron chi connectivity index (χ2n) is 4.56. The molecule has 1 aromatic carbocycles. The van der Waals surface area contributed by atoms with Gasteiger partial charge in [-0.05, 0) is 44.2 Å². The molecule has 0 aliphatic rings. The first-order valence-corrected chi connectivity index (χ1v) is 6.37. The predicted molar refractivity (Wildman–Crippen MR) is 73.5 cm³/mol. The molecule has 0 aromatic heterocycles. The zero-order chi connectivity index (χ0) is 12.7. The molecule has 0 fully saturated rings. The Labute approximate surface area is 105 Å². The highest BCUT2D eigenvalue weighted by molar-refractivity contribution is 5.97. The molecule has 0 aliphatic carbocycles. The molecule has 92 valence electrons. The fourth-order valence-corrected chi connectivity index (χ4v) is 1.94. The smallest absolute Gasteiger partial charge is 0.163 e. The Kier molecular flexibility index (Phi) is 5.68. The first-order valence-electron chi connectivity index (χ1n) is 6.37. The maximum absolute atomic E-state index is 12.0. The lowest BCUT2D eigenvalue weighted by molar-refractivity contribution is 0.0978. The van der Waals surface area contributed by atoms with E-state index in [1.807, 2.05) is 25.1 Å². The molecule has 0 unspecified atom stereocenters. The third-order valence-corrected chi connectivity index (χ3v) is 3.22. The molecule has 0 heterocycles. The highest BCUT2D eigenvalue weighted by Crippen LogP contribution is 2.16. The zero-order valence-corrected chi connectivity index (χ0v) is 11.0. The first kappa shape index (κ1) is 13.7. The van der Waals surface area contributed by atoms with Gasteiger partial charge in [0.1, 0.15) is 0 Å². The maximum Gasteiger partial charge on any atom is 0.163 e. The van der Waals surface area contributed by atoms with Crippen molar-refractivity contribution in [1.29, 1.82) is 0 Å². The van der Waals surface area contributed by atoms with Crippen LogP contribution in [-0.2, 0) is 0 Å². The summed E-state index contributed by atoms with van der Waals surface area (Å²) in [4.78, 5) is 12.0. The summed E-state index contributed by atoms with van der Waals surface area (Å²) in [6, 6.07) is 5.96. The average molecular weight is 230 g/mol. The van der Waals surface area contributed by atoms with Crippen molar-refractivity contribution >= 4 is 5.78 Å². The number of carbonyl (C=O) groups excluding carboxylic acids is 1. The molecule has 0 amide bonds. The standard InChI is InChI=1S/C16H22O/c1-4-5-6-7-8-12-16(17)15-11-9-10-13(2)14(15)3/h4,9-11H,1,5-8,12H2,2-3H3. The molecule has 1 rings (SSSR count). The van der Waals surface area contributed by atoms with Crippen LogP contribution in [0, 0.1) is 13.8 Å². The zero-order valence-electron chi connectivity index (χ0n) is 11.0. The number of benzene rings is 1. The number of Topliss-reactive ketones (excluding diaryl/α,β-unsaturated/α-hetero) is 1. The lowest BCUT2D eigenvalue weighted by atomic mass is 9.97. The van der Waals surface area contributed by atoms with Gasteiger partial charge < -0.3 is 0 Å². The molecule has 0 saturated carbocycles. The van der Waals surface area contributed by atoms with Gasteiger partial charge in [-0.15, -0.1) is 6.58 Å². The van der Waals surface area contributed by atoms with E-state index in [9.17, 15) is 4.79 Å². The summed E-state index contributed by atoms with van der Waals surface area (Å²) in [6.45, 7) is 7.78. The van der Waals surface area contributed by atoms with Crippen LogP contribution in [0.1, 0.15) is 53.6 Å². The third-order valence-electron chi connectivity index (χ3n) is 3.22. The fraction of sp³-hybridized carbons (Fsp3) is 0.438. The predicted octanol–water partition coefficient (Wildman–Crippen LogP) is 4.62. The number of hydrogen-bond donors (Lipinski definition) is 0. The molecular weight excluding hydrogens is 208 g/mol. The van der Waals surface area contributed by atoms with Gasteiger partial charge in [0.15, 0.2) is 5.78 Å². The Morgan fingerprint density at radius 2 is 2.00 bits per heavy atom. The van der Waals surface area contributed by atoms with Crippen LogP contribution in [-0.4, -0.2) is 5.78 Å². The number of carbonyl (C=O) groups is 1. The Balaban J connectivity index is 2.47. The summed E-state index contributed by atoms with van der Waals surface area (Å²) in [6.07, 6.45) is 6.90. The number of hydrogen-bond acceptors (Lipinski definition) is 1. The molecule has 0 atom stereocenters. The summed E-state index contributed by atoms with van der Waals surface area (Å²) < 4.78 is 0. The Morgan fingerprint density at radius 1 is 1.24 bits per heavy atom. The van der Waals surface area contributed by atoms with Crippen LogP contribution >= 0.6 is 0 Å². The summed E-state index contributed by atoms with van der Waals surface area (Å²) in [5.41, 5.74) is 3.22. The topological polar surface area (TPSA) is 17.1 Å². The largest absolute Gasteiger partial charge is 0.294 e. The number of allylic oxidation sites excluding steroid dienone is 1. The van der Waals surface area contributed by atoms with E-state index in [0.29, 0.717) is 6.42 Å². The molecule has 1 nitrogen and oxygen atoms in total. The lowest BCUT2D eigenvalue weighted by Gasteiger charge is -2.07. The van der Waals surface area contributed by atoms with E-state index >= 15 is 0 Å². The summed E-state index contributed by atoms with van der Waals surface area (Å²) >= 11 is 0. The van der Waals surface area contributed by atoms with E-state index in [0.717, 1.165) is 36.8 Å². The van der Waals surface area contributed by atoms with Crippen LogP contribution < -0.4 is 0 Å². The average Bonchev–Trinajstić information content (AvgIpc) is 2.32. The first-order chi connectivity index (χ1) is 8.16. The van der Waals surface area contributed by atoms with Crippen molar-refractivity contribution in [2.45, 2.75) is 46.0 Å². The van der Waals surface area contributed by atoms with Gasteiger partial charge in [0.25, 0.3) is 0 Å². The normalized spacial score (nSPS) is 10.2. The van der Waals surface area contributed by atoms with Crippen molar-refractivity contribution in [3.05, 3.63) is 47.5 Å². The van der Waals surface area contributed by atoms with Gasteiger partial charge in [0, 0.05) is 12.0 Å². The third kappa shape index (κ3) is 4.18. The number of aryl methyl sites for hydroxylation is 1. The Hall–Kier alpha value is -1.37. The van der Waals surface area contributed by atoms with Crippen molar-refractivity contribution in [3.8, 4) is 0 Å². The van der Waals surface area contributed by atoms with E-state index in [4.69, 9.17) is 0 Å². The van der Waals surface area contributed by atoms with Crippen LogP contribution in [0.15, 0.2) is 30.9 Å². The molecule has 0 bridgehead atoms. The second kappa shape index (κ2) is 7.05. The number of rotatable bonds is 7. The van der Waals surface area contributed by atoms with Gasteiger partial charge in [0.2, 0.25) is 0 Å². The van der Waals surface area contributed by atoms with E-state index in [-0.39, 0.29) is 5.78 Å². The van der Waals surface area contributed by atoms with Crippen LogP contribution in [0.3, 0.4) is 0 Å². The van der Waals surface area contributed by atoms with Crippen molar-refractivity contribution in [1.82, 2.24) is 0 Å². The molecule has 0 radical (unpaired) electrons. The van der Waals surface area contributed by atoms with Crippen molar-refractivity contribution in [3.63, 3.8) is 0 Å². The minimum atomic E-state index is 0.282. The molecule has 0 saturated heterocycles. The van der Waals surface area contributed by atoms with Gasteiger partial charge in [0.05, 0.1) is 0 Å². The number of ketones is 1. The van der Waals surface area contributed by atoms with Gasteiger partial charge in [-0.3, -0.25) is 4.79 Å². The summed E-state index contributed by atoms with van der Waals surface area (Å²) in [5.74, 6) is 0.282. The van der Waals surface area contributed by atoms with Crippen molar-refractivity contribution in [2.75, 3.05) is 0 Å². The van der Waals surface area contributed by atoms with Gasteiger partial charge in [-0.1, -0.05) is 30.7 Å². The second-order valence-corrected chi connectivity index (χ2v) is 4.56. The van der Waals surface area contributed by atoms with Gasteiger partial charge in [-0.25, -0.2) is 0 Å². The van der Waals surface area contributed by atoms with E-state index < -0.39 is 0 Å². The van der Waals surface area contributed by atoms with Crippen LogP contribution in [0.4, 0.5) is 0 Å². The Bertz CT molecular complexity index is 391. The monoisotopic (exact) mass is 230 g/mol. The van der Waals surface area contributed by atoms with Gasteiger partial charge in [-0.2, -0.15) is 0 Å². The quantitative estimate of drug-likeness (QED) is 0.379. The molecule has 1 aromatic rings. The van der Waals surface area contributed by atoms with Crippen molar-refractivity contribution in [2.24, 2.45) is 0 Å². The molecule has 0 spiro atoms. The highest BCUT2D eigenvalue weighted by atomic mass is 16.1. The molecule has 0 N–H and O–H groups in total. The minimum absolute atomic E-state index is 0.282. The molecular formula is C16H22O. The maximum atomic E-state index is 12.0. The molecule has 17 heavy (non-hydrogen) atoms. The minimum Gasteiger partial charge on any atom is -0.294 e. The van der Waals surface area contributed by atoms with E-state index in [1.165, 1.54) is 5.56 Å². The van der Waals surface area contributed by atoms with Crippen LogP contribution in [0.25, 0.3) is 0 Å². The SMILES string of the molecule is C=CCCCCCC(=O)c1cccc(C)c1C. The fourth-order valence-electron chi connectivity index (χ4n) is 1.94. The van der Waals surface area contributed by atoms with Gasteiger partial charge >= 0.3 is 0 Å². The van der Waals surface area contributed by atoms with Crippen LogP contribution in [0.2, 0.25) is 0 Å². The molecule has 1 heteroatoms. The highest BCUT2D eigenvalue weighted by Gasteiger charge is 2.09. The summed E-state index contributed by atoms with van der Waals surface area (Å²) in [5, 5.41) is 0. The number of unbranched alkanes of at least 4 members (excludes halogenated alkanes) is 3.